The van der Waals surface area contributed by atoms with Gasteiger partial charge in [-0.15, -0.1) is 0 Å². The van der Waals surface area contributed by atoms with E-state index < -0.39 is 0 Å². The molecule has 18 heavy (non-hydrogen) atoms. The van der Waals surface area contributed by atoms with Crippen molar-refractivity contribution in [2.45, 2.75) is 44.6 Å². The Labute approximate surface area is 110 Å². The summed E-state index contributed by atoms with van der Waals surface area (Å²) in [5.41, 5.74) is 6.37. The maximum Gasteiger partial charge on any atom is 0.0644 e. The Hall–Kier alpha value is -0.160. The number of morpholine rings is 1. The van der Waals surface area contributed by atoms with E-state index in [-0.39, 0.29) is 18.1 Å². The van der Waals surface area contributed by atoms with E-state index in [9.17, 15) is 5.11 Å². The van der Waals surface area contributed by atoms with Crippen molar-refractivity contribution in [2.75, 3.05) is 39.5 Å². The van der Waals surface area contributed by atoms with Crippen LogP contribution in [0.2, 0.25) is 0 Å². The standard InChI is InChI=1S/C14H28N2O2/c15-11-14(5-3-1-2-4-6-14)12-16-7-8-18-10-13(16)9-17/h13,17H,1-12,15H2. The van der Waals surface area contributed by atoms with E-state index >= 15 is 0 Å². The number of hydrogen-bond donors (Lipinski definition) is 2. The maximum atomic E-state index is 9.45. The summed E-state index contributed by atoms with van der Waals surface area (Å²) in [6, 6.07) is 0.172. The van der Waals surface area contributed by atoms with Gasteiger partial charge < -0.3 is 15.6 Å². The van der Waals surface area contributed by atoms with Crippen LogP contribution in [0.4, 0.5) is 0 Å². The average Bonchev–Trinajstić information content (AvgIpc) is 2.66. The Kier molecular flexibility index (Phi) is 5.42. The first-order chi connectivity index (χ1) is 8.79. The van der Waals surface area contributed by atoms with Crippen LogP contribution in [0.5, 0.6) is 0 Å². The highest BCUT2D eigenvalue weighted by Crippen LogP contribution is 2.35. The SMILES string of the molecule is NCC1(CN2CCOCC2CO)CCCCCC1. The van der Waals surface area contributed by atoms with Crippen LogP contribution < -0.4 is 5.73 Å². The predicted octanol–water partition coefficient (Wildman–Crippen LogP) is 0.979. The normalized spacial score (nSPS) is 30.0. The summed E-state index contributed by atoms with van der Waals surface area (Å²) in [7, 11) is 0. The topological polar surface area (TPSA) is 58.7 Å². The average molecular weight is 256 g/mol. The van der Waals surface area contributed by atoms with Gasteiger partial charge in [-0.1, -0.05) is 25.7 Å². The molecular formula is C14H28N2O2. The van der Waals surface area contributed by atoms with E-state index in [0.717, 1.165) is 26.2 Å². The number of nitrogens with zero attached hydrogens (tertiary/aromatic N) is 1. The van der Waals surface area contributed by atoms with Gasteiger partial charge in [0, 0.05) is 13.1 Å². The van der Waals surface area contributed by atoms with Gasteiger partial charge in [0.2, 0.25) is 0 Å². The summed E-state index contributed by atoms with van der Waals surface area (Å²) < 4.78 is 5.45. The van der Waals surface area contributed by atoms with Crippen molar-refractivity contribution in [1.82, 2.24) is 4.90 Å². The second kappa shape index (κ2) is 6.85. The molecule has 2 rings (SSSR count). The molecular weight excluding hydrogens is 228 g/mol. The molecule has 0 radical (unpaired) electrons. The van der Waals surface area contributed by atoms with Crippen molar-refractivity contribution >= 4 is 0 Å². The molecule has 106 valence electrons. The molecule has 1 heterocycles. The molecule has 4 nitrogen and oxygen atoms in total. The molecule has 2 fully saturated rings. The van der Waals surface area contributed by atoms with Crippen LogP contribution in [0.15, 0.2) is 0 Å². The number of aliphatic hydroxyl groups is 1. The van der Waals surface area contributed by atoms with E-state index in [0.29, 0.717) is 6.61 Å². The molecule has 1 saturated heterocycles. The number of rotatable bonds is 4. The Morgan fingerprint density at radius 3 is 2.56 bits per heavy atom. The van der Waals surface area contributed by atoms with Crippen LogP contribution in [0.25, 0.3) is 0 Å². The van der Waals surface area contributed by atoms with Gasteiger partial charge in [0.15, 0.2) is 0 Å². The zero-order valence-corrected chi connectivity index (χ0v) is 11.4. The van der Waals surface area contributed by atoms with Crippen molar-refractivity contribution in [3.05, 3.63) is 0 Å². The van der Waals surface area contributed by atoms with Gasteiger partial charge in [-0.2, -0.15) is 0 Å². The summed E-state index contributed by atoms with van der Waals surface area (Å²) in [6.45, 7) is 4.41. The first kappa shape index (κ1) is 14.3. The largest absolute Gasteiger partial charge is 0.395 e. The van der Waals surface area contributed by atoms with E-state index in [1.807, 2.05) is 0 Å². The van der Waals surface area contributed by atoms with Gasteiger partial charge in [0.25, 0.3) is 0 Å². The number of aliphatic hydroxyl groups excluding tert-OH is 1. The Morgan fingerprint density at radius 1 is 1.22 bits per heavy atom. The molecule has 0 aromatic heterocycles. The van der Waals surface area contributed by atoms with Gasteiger partial charge in [0.1, 0.15) is 0 Å². The molecule has 1 unspecified atom stereocenters. The quantitative estimate of drug-likeness (QED) is 0.736. The Balaban J connectivity index is 1.98. The fraction of sp³-hybridized carbons (Fsp3) is 1.00. The van der Waals surface area contributed by atoms with Crippen LogP contribution in [0.1, 0.15) is 38.5 Å². The molecule has 1 aliphatic heterocycles. The summed E-state index contributed by atoms with van der Waals surface area (Å²) in [6.07, 6.45) is 7.83. The predicted molar refractivity (Wildman–Crippen MR) is 72.5 cm³/mol. The smallest absolute Gasteiger partial charge is 0.0644 e. The van der Waals surface area contributed by atoms with Crippen LogP contribution in [-0.2, 0) is 4.74 Å². The van der Waals surface area contributed by atoms with Crippen molar-refractivity contribution < 1.29 is 9.84 Å². The van der Waals surface area contributed by atoms with Crippen molar-refractivity contribution in [3.8, 4) is 0 Å². The second-order valence-corrected chi connectivity index (χ2v) is 6.00. The molecule has 1 atom stereocenters. The Morgan fingerprint density at radius 2 is 1.94 bits per heavy atom. The molecule has 0 aromatic rings. The summed E-state index contributed by atoms with van der Waals surface area (Å²) in [5.74, 6) is 0. The highest BCUT2D eigenvalue weighted by atomic mass is 16.5. The molecule has 3 N–H and O–H groups in total. The van der Waals surface area contributed by atoms with Crippen LogP contribution >= 0.6 is 0 Å². The second-order valence-electron chi connectivity index (χ2n) is 6.00. The summed E-state index contributed by atoms with van der Waals surface area (Å²) >= 11 is 0. The minimum absolute atomic E-state index is 0.172. The number of ether oxygens (including phenoxy) is 1. The fourth-order valence-corrected chi connectivity index (χ4v) is 3.40. The molecule has 1 aliphatic carbocycles. The van der Waals surface area contributed by atoms with E-state index in [4.69, 9.17) is 10.5 Å². The van der Waals surface area contributed by atoms with Crippen LogP contribution in [-0.4, -0.2) is 55.5 Å². The van der Waals surface area contributed by atoms with Crippen molar-refractivity contribution in [1.29, 1.82) is 0 Å². The Bertz CT molecular complexity index is 240. The highest BCUT2D eigenvalue weighted by molar-refractivity contribution is 4.88. The molecule has 1 saturated carbocycles. The molecule has 0 amide bonds. The minimum atomic E-state index is 0.172. The summed E-state index contributed by atoms with van der Waals surface area (Å²) in [5, 5.41) is 9.45. The van der Waals surface area contributed by atoms with Crippen molar-refractivity contribution in [3.63, 3.8) is 0 Å². The third-order valence-corrected chi connectivity index (χ3v) is 4.70. The van der Waals surface area contributed by atoms with Gasteiger partial charge in [-0.3, -0.25) is 4.90 Å². The molecule has 2 aliphatic rings. The van der Waals surface area contributed by atoms with Crippen molar-refractivity contribution in [2.24, 2.45) is 11.1 Å². The zero-order valence-electron chi connectivity index (χ0n) is 11.4. The molecule has 4 heteroatoms. The van der Waals surface area contributed by atoms with Gasteiger partial charge in [0.05, 0.1) is 25.9 Å². The molecule has 0 bridgehead atoms. The maximum absolute atomic E-state index is 9.45. The first-order valence-corrected chi connectivity index (χ1v) is 7.42. The summed E-state index contributed by atoms with van der Waals surface area (Å²) in [4.78, 5) is 2.40. The van der Waals surface area contributed by atoms with E-state index in [2.05, 4.69) is 4.90 Å². The first-order valence-electron chi connectivity index (χ1n) is 7.42. The lowest BCUT2D eigenvalue weighted by molar-refractivity contribution is -0.0457. The van der Waals surface area contributed by atoms with E-state index in [1.165, 1.54) is 38.5 Å². The number of hydrogen-bond acceptors (Lipinski definition) is 4. The van der Waals surface area contributed by atoms with Crippen LogP contribution in [0, 0.1) is 5.41 Å². The third-order valence-electron chi connectivity index (χ3n) is 4.70. The number of nitrogens with two attached hydrogens (primary N) is 1. The van der Waals surface area contributed by atoms with Crippen LogP contribution in [0.3, 0.4) is 0 Å². The van der Waals surface area contributed by atoms with E-state index in [1.54, 1.807) is 0 Å². The lowest BCUT2D eigenvalue weighted by Crippen LogP contribution is -2.53. The molecule has 0 spiro atoms. The monoisotopic (exact) mass is 256 g/mol. The lowest BCUT2D eigenvalue weighted by Gasteiger charge is -2.42. The fourth-order valence-electron chi connectivity index (χ4n) is 3.40. The zero-order chi connectivity index (χ0) is 12.8. The highest BCUT2D eigenvalue weighted by Gasteiger charge is 2.34. The van der Waals surface area contributed by atoms with Gasteiger partial charge in [-0.05, 0) is 24.8 Å². The van der Waals surface area contributed by atoms with Gasteiger partial charge >= 0.3 is 0 Å². The minimum Gasteiger partial charge on any atom is -0.395 e. The van der Waals surface area contributed by atoms with Gasteiger partial charge in [-0.25, -0.2) is 0 Å². The molecule has 0 aromatic carbocycles. The lowest BCUT2D eigenvalue weighted by atomic mass is 9.79. The third kappa shape index (κ3) is 3.44.